The van der Waals surface area contributed by atoms with Gasteiger partial charge in [-0.05, 0) is 46.5 Å². The van der Waals surface area contributed by atoms with Crippen molar-refractivity contribution in [3.05, 3.63) is 10.6 Å². The lowest BCUT2D eigenvalue weighted by Crippen LogP contribution is -2.50. The zero-order valence-corrected chi connectivity index (χ0v) is 13.7. The summed E-state index contributed by atoms with van der Waals surface area (Å²) in [5.41, 5.74) is 6.54. The van der Waals surface area contributed by atoms with Gasteiger partial charge < -0.3 is 15.4 Å². The number of aryl methyl sites for hydroxylation is 1. The highest BCUT2D eigenvalue weighted by molar-refractivity contribution is 7.15. The minimum Gasteiger partial charge on any atom is -0.444 e. The number of carbonyl (C=O) groups excluding carboxylic acids is 1. The van der Waals surface area contributed by atoms with E-state index in [1.54, 1.807) is 11.3 Å². The van der Waals surface area contributed by atoms with E-state index in [1.807, 2.05) is 25.7 Å². The third-order valence-electron chi connectivity index (χ3n) is 4.17. The van der Waals surface area contributed by atoms with Crippen LogP contribution in [0.15, 0.2) is 0 Å². The molecule has 1 fully saturated rings. The number of likely N-dealkylation sites (tertiary alicyclic amines) is 1. The van der Waals surface area contributed by atoms with E-state index in [-0.39, 0.29) is 12.1 Å². The number of anilines is 1. The number of ether oxygens (including phenoxy) is 1. The molecular weight excluding hydrogens is 286 g/mol. The third kappa shape index (κ3) is 2.86. The molecule has 21 heavy (non-hydrogen) atoms. The number of nitrogen functional groups attached to an aromatic ring is 1. The Morgan fingerprint density at radius 3 is 2.90 bits per heavy atom. The highest BCUT2D eigenvalue weighted by atomic mass is 32.1. The number of amides is 1. The Morgan fingerprint density at radius 1 is 1.43 bits per heavy atom. The molecule has 0 bridgehead atoms. The topological polar surface area (TPSA) is 68.5 Å². The molecule has 2 atom stereocenters. The van der Waals surface area contributed by atoms with Crippen LogP contribution in [0, 0.1) is 0 Å². The van der Waals surface area contributed by atoms with Crippen LogP contribution in [0.5, 0.6) is 0 Å². The van der Waals surface area contributed by atoms with E-state index in [4.69, 9.17) is 10.5 Å². The summed E-state index contributed by atoms with van der Waals surface area (Å²) >= 11 is 1.60. The second kappa shape index (κ2) is 5.16. The van der Waals surface area contributed by atoms with E-state index in [2.05, 4.69) is 4.98 Å². The summed E-state index contributed by atoms with van der Waals surface area (Å²) in [6.07, 6.45) is 3.84. The van der Waals surface area contributed by atoms with Gasteiger partial charge in [0.2, 0.25) is 0 Å². The van der Waals surface area contributed by atoms with Crippen LogP contribution < -0.4 is 5.73 Å². The number of hydrogen-bond acceptors (Lipinski definition) is 5. The summed E-state index contributed by atoms with van der Waals surface area (Å²) in [4.78, 5) is 20.2. The van der Waals surface area contributed by atoms with E-state index in [9.17, 15) is 4.79 Å². The number of aromatic nitrogens is 1. The number of carbonyl (C=O) groups is 1. The van der Waals surface area contributed by atoms with Gasteiger partial charge in [-0.2, -0.15) is 0 Å². The number of fused-ring (bicyclic) bond motifs is 3. The molecule has 3 rings (SSSR count). The highest BCUT2D eigenvalue weighted by Gasteiger charge is 2.41. The van der Waals surface area contributed by atoms with Crippen molar-refractivity contribution in [1.29, 1.82) is 0 Å². The van der Waals surface area contributed by atoms with Crippen LogP contribution in [-0.4, -0.2) is 34.2 Å². The molecule has 1 aliphatic carbocycles. The standard InChI is InChI=1S/C15H23N3O2S/c1-15(2,3)20-14(19)18-8-4-5-9-10(18)6-7-11-12(9)17-13(16)21-11/h9-10H,4-8H2,1-3H3,(H2,16,17)/t9-,10-/m1/s1. The first kappa shape index (κ1) is 14.6. The van der Waals surface area contributed by atoms with Gasteiger partial charge in [-0.15, -0.1) is 11.3 Å². The van der Waals surface area contributed by atoms with Crippen molar-refractivity contribution in [2.45, 2.75) is 64.0 Å². The molecule has 5 nitrogen and oxygen atoms in total. The molecule has 2 aliphatic rings. The molecule has 0 unspecified atom stereocenters. The smallest absolute Gasteiger partial charge is 0.410 e. The normalized spacial score (nSPS) is 25.2. The van der Waals surface area contributed by atoms with Crippen molar-refractivity contribution in [3.8, 4) is 0 Å². The van der Waals surface area contributed by atoms with Crippen molar-refractivity contribution >= 4 is 22.6 Å². The molecule has 1 amide bonds. The zero-order valence-electron chi connectivity index (χ0n) is 12.9. The Kier molecular flexibility index (Phi) is 3.59. The quantitative estimate of drug-likeness (QED) is 0.799. The average Bonchev–Trinajstić information content (AvgIpc) is 2.76. The van der Waals surface area contributed by atoms with E-state index >= 15 is 0 Å². The highest BCUT2D eigenvalue weighted by Crippen LogP contribution is 2.43. The van der Waals surface area contributed by atoms with Gasteiger partial charge in [0.05, 0.1) is 5.69 Å². The molecule has 0 radical (unpaired) electrons. The van der Waals surface area contributed by atoms with Crippen molar-refractivity contribution < 1.29 is 9.53 Å². The Morgan fingerprint density at radius 2 is 2.19 bits per heavy atom. The van der Waals surface area contributed by atoms with Gasteiger partial charge in [-0.3, -0.25) is 0 Å². The zero-order chi connectivity index (χ0) is 15.2. The maximum atomic E-state index is 12.4. The molecule has 116 valence electrons. The molecule has 1 aliphatic heterocycles. The Balaban J connectivity index is 1.82. The summed E-state index contributed by atoms with van der Waals surface area (Å²) in [5, 5.41) is 0.648. The third-order valence-corrected chi connectivity index (χ3v) is 5.13. The van der Waals surface area contributed by atoms with Crippen LogP contribution in [0.25, 0.3) is 0 Å². The predicted octanol–water partition coefficient (Wildman–Crippen LogP) is 3.15. The van der Waals surface area contributed by atoms with Crippen molar-refractivity contribution in [1.82, 2.24) is 9.88 Å². The molecule has 2 heterocycles. The lowest BCUT2D eigenvalue weighted by molar-refractivity contribution is 0.00408. The average molecular weight is 309 g/mol. The van der Waals surface area contributed by atoms with Gasteiger partial charge in [-0.1, -0.05) is 0 Å². The molecule has 0 saturated carbocycles. The van der Waals surface area contributed by atoms with Crippen LogP contribution in [0.1, 0.15) is 56.5 Å². The summed E-state index contributed by atoms with van der Waals surface area (Å²) in [6, 6.07) is 0.211. The van der Waals surface area contributed by atoms with Crippen molar-refractivity contribution in [3.63, 3.8) is 0 Å². The minimum atomic E-state index is -0.449. The minimum absolute atomic E-state index is 0.191. The van der Waals surface area contributed by atoms with E-state index < -0.39 is 5.60 Å². The summed E-state index contributed by atoms with van der Waals surface area (Å²) < 4.78 is 5.56. The number of nitrogens with two attached hydrogens (primary N) is 1. The molecule has 1 saturated heterocycles. The number of thiazole rings is 1. The Labute approximate surface area is 129 Å². The first-order valence-electron chi connectivity index (χ1n) is 7.60. The fraction of sp³-hybridized carbons (Fsp3) is 0.733. The predicted molar refractivity (Wildman–Crippen MR) is 83.6 cm³/mol. The lowest BCUT2D eigenvalue weighted by atomic mass is 9.79. The van der Waals surface area contributed by atoms with E-state index in [0.29, 0.717) is 11.0 Å². The molecule has 2 N–H and O–H groups in total. The van der Waals surface area contributed by atoms with Crippen LogP contribution in [0.4, 0.5) is 9.93 Å². The van der Waals surface area contributed by atoms with Crippen LogP contribution in [0.3, 0.4) is 0 Å². The lowest BCUT2D eigenvalue weighted by Gasteiger charge is -2.43. The van der Waals surface area contributed by atoms with Crippen molar-refractivity contribution in [2.24, 2.45) is 0 Å². The Bertz CT molecular complexity index is 550. The van der Waals surface area contributed by atoms with Gasteiger partial charge in [0.1, 0.15) is 5.60 Å². The maximum Gasteiger partial charge on any atom is 0.410 e. The number of piperidine rings is 1. The number of nitrogens with zero attached hydrogens (tertiary/aromatic N) is 2. The van der Waals surface area contributed by atoms with E-state index in [0.717, 1.165) is 37.9 Å². The number of hydrogen-bond donors (Lipinski definition) is 1. The molecular formula is C15H23N3O2S. The van der Waals surface area contributed by atoms with Gasteiger partial charge in [0, 0.05) is 23.4 Å². The van der Waals surface area contributed by atoms with Gasteiger partial charge in [0.15, 0.2) is 5.13 Å². The largest absolute Gasteiger partial charge is 0.444 e. The summed E-state index contributed by atoms with van der Waals surface area (Å²) in [5.74, 6) is 0.323. The summed E-state index contributed by atoms with van der Waals surface area (Å²) in [6.45, 7) is 6.51. The monoisotopic (exact) mass is 309 g/mol. The van der Waals surface area contributed by atoms with Gasteiger partial charge >= 0.3 is 6.09 Å². The fourth-order valence-electron chi connectivity index (χ4n) is 3.41. The maximum absolute atomic E-state index is 12.4. The molecule has 0 aromatic carbocycles. The molecule has 6 heteroatoms. The van der Waals surface area contributed by atoms with Gasteiger partial charge in [-0.25, -0.2) is 9.78 Å². The first-order chi connectivity index (χ1) is 9.85. The van der Waals surface area contributed by atoms with Crippen LogP contribution >= 0.6 is 11.3 Å². The molecule has 1 aromatic rings. The molecule has 0 spiro atoms. The van der Waals surface area contributed by atoms with E-state index in [1.165, 1.54) is 4.88 Å². The fourth-order valence-corrected chi connectivity index (χ4v) is 4.33. The summed E-state index contributed by atoms with van der Waals surface area (Å²) in [7, 11) is 0. The first-order valence-corrected chi connectivity index (χ1v) is 8.41. The van der Waals surface area contributed by atoms with Crippen molar-refractivity contribution in [2.75, 3.05) is 12.3 Å². The Hall–Kier alpha value is -1.30. The van der Waals surface area contributed by atoms with Crippen LogP contribution in [0.2, 0.25) is 0 Å². The van der Waals surface area contributed by atoms with Crippen LogP contribution in [-0.2, 0) is 11.2 Å². The second-order valence-electron chi connectivity index (χ2n) is 6.89. The van der Waals surface area contributed by atoms with Gasteiger partial charge in [0.25, 0.3) is 0 Å². The number of rotatable bonds is 0. The second-order valence-corrected chi connectivity index (χ2v) is 8.00. The SMILES string of the molecule is CC(C)(C)OC(=O)N1CCC[C@H]2c3nc(N)sc3CC[C@H]21. The molecule has 1 aromatic heterocycles.